The molecule has 224 valence electrons. The lowest BCUT2D eigenvalue weighted by molar-refractivity contribution is 0.0964. The van der Waals surface area contributed by atoms with Crippen molar-refractivity contribution in [1.29, 1.82) is 0 Å². The molecule has 11 rings (SSSR count). The van der Waals surface area contributed by atoms with Gasteiger partial charge in [0.1, 0.15) is 5.65 Å². The predicted molar refractivity (Wildman–Crippen MR) is 196 cm³/mol. The van der Waals surface area contributed by atoms with Crippen LogP contribution in [0.4, 0.5) is 0 Å². The lowest BCUT2D eigenvalue weighted by atomic mass is 9.82. The van der Waals surface area contributed by atoms with Gasteiger partial charge < -0.3 is 5.32 Å². The van der Waals surface area contributed by atoms with E-state index in [0.29, 0.717) is 27.5 Å². The summed E-state index contributed by atoms with van der Waals surface area (Å²) in [6, 6.07) is 24.8. The Hall–Kier alpha value is -6.40. The van der Waals surface area contributed by atoms with E-state index in [1.165, 1.54) is 5.39 Å². The quantitative estimate of drug-likeness (QED) is 0.130. The Bertz CT molecular complexity index is 3280. The largest absolute Gasteiger partial charge is 0.355 e. The minimum absolute atomic E-state index is 0.0481. The fraction of sp³-hybridized carbons (Fsp3) is 0.0476. The van der Waals surface area contributed by atoms with Gasteiger partial charge in [0.25, 0.3) is 11.5 Å². The third-order valence-corrected chi connectivity index (χ3v) is 10.7. The molecule has 0 saturated heterocycles. The number of benzene rings is 8. The molecule has 8 aromatic carbocycles. The molecule has 0 atom stereocenters. The standard InChI is InChI=1S/C42H23N3O3/c1-43-41(47)30-17-14-22-24-10-12-25-27-13-16-29-39-31(42(48)45-33-6-4-2-3-5-32(33)44-40(29)45)18-15-28(38(27)39)26-11-9-23(36(24)37(25)26)21-8-7-20(19-46)34(30)35(21)22/h2-3,5-19H,4H2,1H3,(H,43,47). The van der Waals surface area contributed by atoms with Crippen molar-refractivity contribution in [3.63, 3.8) is 0 Å². The number of pyridine rings is 1. The number of allylic oxidation sites excluding steroid dienone is 2. The Morgan fingerprint density at radius 2 is 1.19 bits per heavy atom. The molecule has 0 radical (unpaired) electrons. The van der Waals surface area contributed by atoms with Gasteiger partial charge in [0.05, 0.1) is 10.7 Å². The molecular formula is C42H23N3O3. The number of hydrogen-bond donors (Lipinski definition) is 1. The maximum atomic E-state index is 14.2. The summed E-state index contributed by atoms with van der Waals surface area (Å²) in [5.74, 6) is -0.223. The van der Waals surface area contributed by atoms with E-state index in [1.807, 2.05) is 42.5 Å². The zero-order valence-electron chi connectivity index (χ0n) is 25.6. The van der Waals surface area contributed by atoms with Crippen LogP contribution in [0, 0.1) is 0 Å². The summed E-state index contributed by atoms with van der Waals surface area (Å²) in [5, 5.41) is 20.6. The van der Waals surface area contributed by atoms with Crippen LogP contribution in [0.1, 0.15) is 27.1 Å². The molecule has 2 aromatic heterocycles. The van der Waals surface area contributed by atoms with E-state index in [-0.39, 0.29) is 11.5 Å². The molecule has 0 aliphatic heterocycles. The van der Waals surface area contributed by atoms with Crippen LogP contribution in [0.2, 0.25) is 0 Å². The fourth-order valence-electron chi connectivity index (χ4n) is 8.79. The number of nitrogens with one attached hydrogen (secondary N) is 1. The maximum Gasteiger partial charge on any atom is 0.264 e. The first-order valence-corrected chi connectivity index (χ1v) is 16.1. The third-order valence-electron chi connectivity index (χ3n) is 10.7. The Balaban J connectivity index is 1.35. The van der Waals surface area contributed by atoms with Crippen molar-refractivity contribution in [3.05, 3.63) is 117 Å². The Labute approximate surface area is 270 Å². The van der Waals surface area contributed by atoms with Crippen LogP contribution in [-0.2, 0) is 0 Å². The lowest BCUT2D eigenvalue weighted by Gasteiger charge is -2.21. The van der Waals surface area contributed by atoms with Crippen molar-refractivity contribution in [3.8, 4) is 0 Å². The Morgan fingerprint density at radius 1 is 0.688 bits per heavy atom. The minimum Gasteiger partial charge on any atom is -0.355 e. The highest BCUT2D eigenvalue weighted by Gasteiger charge is 2.24. The second-order valence-electron chi connectivity index (χ2n) is 12.8. The van der Waals surface area contributed by atoms with Crippen molar-refractivity contribution < 1.29 is 9.59 Å². The number of carbonyl (C=O) groups is 2. The second kappa shape index (κ2) is 8.69. The second-order valence-corrected chi connectivity index (χ2v) is 12.8. The number of imidazole rings is 1. The van der Waals surface area contributed by atoms with Gasteiger partial charge in [0.2, 0.25) is 0 Å². The van der Waals surface area contributed by atoms with E-state index < -0.39 is 0 Å². The number of hydrogen-bond acceptors (Lipinski definition) is 4. The molecule has 1 aliphatic rings. The van der Waals surface area contributed by atoms with Crippen molar-refractivity contribution in [2.24, 2.45) is 0 Å². The average Bonchev–Trinajstić information content (AvgIpc) is 3.34. The summed E-state index contributed by atoms with van der Waals surface area (Å²) >= 11 is 0. The van der Waals surface area contributed by atoms with Crippen molar-refractivity contribution in [1.82, 2.24) is 14.7 Å². The molecule has 0 saturated carbocycles. The number of rotatable bonds is 2. The summed E-state index contributed by atoms with van der Waals surface area (Å²) in [6.07, 6.45) is 9.71. The maximum absolute atomic E-state index is 14.2. The van der Waals surface area contributed by atoms with Crippen LogP contribution in [0.25, 0.3) is 104 Å². The summed E-state index contributed by atoms with van der Waals surface area (Å²) in [4.78, 5) is 44.4. The summed E-state index contributed by atoms with van der Waals surface area (Å²) in [6.45, 7) is 0. The fourth-order valence-corrected chi connectivity index (χ4v) is 8.79. The van der Waals surface area contributed by atoms with E-state index in [1.54, 1.807) is 11.4 Å². The van der Waals surface area contributed by atoms with Gasteiger partial charge in [-0.2, -0.15) is 0 Å². The van der Waals surface area contributed by atoms with Gasteiger partial charge in [-0.05, 0) is 95.3 Å². The van der Waals surface area contributed by atoms with Gasteiger partial charge in [0.15, 0.2) is 6.29 Å². The van der Waals surface area contributed by atoms with Crippen LogP contribution in [-0.4, -0.2) is 28.6 Å². The van der Waals surface area contributed by atoms with E-state index in [4.69, 9.17) is 4.98 Å². The predicted octanol–water partition coefficient (Wildman–Crippen LogP) is 6.93. The van der Waals surface area contributed by atoms with Crippen molar-refractivity contribution >= 4 is 116 Å². The van der Waals surface area contributed by atoms with Gasteiger partial charge in [-0.1, -0.05) is 72.8 Å². The first kappa shape index (κ1) is 25.8. The van der Waals surface area contributed by atoms with Crippen LogP contribution in [0.15, 0.2) is 89.7 Å². The molecule has 0 unspecified atom stereocenters. The SMILES string of the molecule is CNC(=O)c1ccc2c3ccc4c5ccc6c7c(ccc(c8ccc(c9ccc(C=O)c1c92)c3c84)c57)c(=O)n1c2c(nc61)=CC=CCC=2. The molecule has 1 N–H and O–H groups in total. The first-order valence-electron chi connectivity index (χ1n) is 16.1. The molecule has 0 fully saturated rings. The number of fused-ring (bicyclic) bond motifs is 8. The van der Waals surface area contributed by atoms with Crippen LogP contribution in [0.5, 0.6) is 0 Å². The molecule has 6 nitrogen and oxygen atoms in total. The molecule has 0 bridgehead atoms. The summed E-state index contributed by atoms with van der Waals surface area (Å²) < 4.78 is 1.78. The Morgan fingerprint density at radius 3 is 1.77 bits per heavy atom. The molecule has 0 spiro atoms. The number of amides is 1. The monoisotopic (exact) mass is 617 g/mol. The molecule has 10 aromatic rings. The van der Waals surface area contributed by atoms with Crippen LogP contribution < -0.4 is 21.6 Å². The van der Waals surface area contributed by atoms with Gasteiger partial charge >= 0.3 is 0 Å². The highest BCUT2D eigenvalue weighted by atomic mass is 16.1. The molecule has 1 aliphatic carbocycles. The van der Waals surface area contributed by atoms with Gasteiger partial charge in [-0.15, -0.1) is 0 Å². The first-order chi connectivity index (χ1) is 23.6. The lowest BCUT2D eigenvalue weighted by Crippen LogP contribution is -2.32. The number of aldehydes is 1. The smallest absolute Gasteiger partial charge is 0.264 e. The molecule has 48 heavy (non-hydrogen) atoms. The molecular weight excluding hydrogens is 594 g/mol. The van der Waals surface area contributed by atoms with E-state index in [2.05, 4.69) is 59.9 Å². The Kier molecular flexibility index (Phi) is 4.66. The average molecular weight is 618 g/mol. The van der Waals surface area contributed by atoms with Crippen molar-refractivity contribution in [2.75, 3.05) is 7.05 Å². The minimum atomic E-state index is -0.223. The zero-order chi connectivity index (χ0) is 32.0. The third kappa shape index (κ3) is 2.86. The highest BCUT2D eigenvalue weighted by molar-refractivity contribution is 6.44. The summed E-state index contributed by atoms with van der Waals surface area (Å²) in [7, 11) is 1.61. The molecule has 1 amide bonds. The zero-order valence-corrected chi connectivity index (χ0v) is 25.6. The normalized spacial score (nSPS) is 13.5. The summed E-state index contributed by atoms with van der Waals surface area (Å²) in [5.41, 5.74) is 1.63. The van der Waals surface area contributed by atoms with E-state index >= 15 is 0 Å². The van der Waals surface area contributed by atoms with Gasteiger partial charge in [-0.3, -0.25) is 18.8 Å². The van der Waals surface area contributed by atoms with E-state index in [9.17, 15) is 14.4 Å². The molecule has 6 heteroatoms. The van der Waals surface area contributed by atoms with Gasteiger partial charge in [0, 0.05) is 39.7 Å². The number of carbonyl (C=O) groups excluding carboxylic acids is 2. The highest BCUT2D eigenvalue weighted by Crippen LogP contribution is 2.48. The van der Waals surface area contributed by atoms with Crippen LogP contribution >= 0.6 is 0 Å². The molecule has 2 heterocycles. The topological polar surface area (TPSA) is 80.5 Å². The van der Waals surface area contributed by atoms with Gasteiger partial charge in [-0.25, -0.2) is 4.98 Å². The number of nitrogens with zero attached hydrogens (tertiary/aromatic N) is 2. The van der Waals surface area contributed by atoms with Crippen molar-refractivity contribution in [2.45, 2.75) is 6.42 Å². The number of aromatic nitrogens is 2. The van der Waals surface area contributed by atoms with Crippen LogP contribution in [0.3, 0.4) is 0 Å². The van der Waals surface area contributed by atoms with E-state index in [0.717, 1.165) is 93.4 Å².